The number of rotatable bonds is 5. The summed E-state index contributed by atoms with van der Waals surface area (Å²) in [7, 11) is 0. The van der Waals surface area contributed by atoms with Gasteiger partial charge < -0.3 is 9.63 Å². The lowest BCUT2D eigenvalue weighted by atomic mass is 10.1. The summed E-state index contributed by atoms with van der Waals surface area (Å²) in [5.74, 6) is -1.97. The molecule has 0 fully saturated rings. The second kappa shape index (κ2) is 6.96. The van der Waals surface area contributed by atoms with Gasteiger partial charge in [-0.2, -0.15) is 0 Å². The molecule has 1 aromatic carbocycles. The van der Waals surface area contributed by atoms with Crippen molar-refractivity contribution in [2.24, 2.45) is 0 Å². The first-order chi connectivity index (χ1) is 12.1. The van der Waals surface area contributed by atoms with Crippen LogP contribution < -0.4 is 5.32 Å². The minimum absolute atomic E-state index is 0.0599. The van der Waals surface area contributed by atoms with Crippen molar-refractivity contribution in [1.29, 1.82) is 0 Å². The van der Waals surface area contributed by atoms with Gasteiger partial charge in [0, 0.05) is 11.8 Å². The Hall–Kier alpha value is -3.48. The van der Waals surface area contributed by atoms with Gasteiger partial charge in [0.05, 0.1) is 5.69 Å². The molecule has 0 aliphatic heterocycles. The molecule has 0 saturated heterocycles. The quantitative estimate of drug-likeness (QED) is 0.740. The topological polar surface area (TPSA) is 105 Å². The first-order valence-corrected chi connectivity index (χ1v) is 7.64. The smallest absolute Gasteiger partial charge is 0.343 e. The number of benzene rings is 1. The van der Waals surface area contributed by atoms with Gasteiger partial charge in [-0.1, -0.05) is 30.3 Å². The number of nitrogens with one attached hydrogen (secondary N) is 1. The van der Waals surface area contributed by atoms with E-state index in [9.17, 15) is 14.7 Å². The van der Waals surface area contributed by atoms with Crippen LogP contribution in [0.5, 0.6) is 0 Å². The Morgan fingerprint density at radius 3 is 2.52 bits per heavy atom. The monoisotopic (exact) mass is 337 g/mol. The summed E-state index contributed by atoms with van der Waals surface area (Å²) in [5.41, 5.74) is 1.66. The van der Waals surface area contributed by atoms with Crippen molar-refractivity contribution in [3.05, 3.63) is 65.4 Å². The lowest BCUT2D eigenvalue weighted by molar-refractivity contribution is 0.0698. The molecule has 3 rings (SSSR count). The Morgan fingerprint density at radius 1 is 1.16 bits per heavy atom. The maximum atomic E-state index is 12.3. The van der Waals surface area contributed by atoms with Crippen LogP contribution in [0.25, 0.3) is 11.4 Å². The molecule has 2 aromatic heterocycles. The van der Waals surface area contributed by atoms with Crippen molar-refractivity contribution in [3.8, 4) is 11.4 Å². The molecule has 0 spiro atoms. The average Bonchev–Trinajstić information content (AvgIpc) is 3.06. The number of carbonyl (C=O) groups excluding carboxylic acids is 1. The fourth-order valence-electron chi connectivity index (χ4n) is 2.32. The van der Waals surface area contributed by atoms with Gasteiger partial charge in [-0.3, -0.25) is 15.1 Å². The Labute approximate surface area is 143 Å². The predicted molar refractivity (Wildman–Crippen MR) is 90.5 cm³/mol. The SMILES string of the molecule is CCc1ccc(C(=O)Nc2onc(-c3ccccn3)c2C(=O)O)cc1. The summed E-state index contributed by atoms with van der Waals surface area (Å²) in [4.78, 5) is 28.0. The van der Waals surface area contributed by atoms with E-state index in [-0.39, 0.29) is 17.1 Å². The number of amides is 1. The fourth-order valence-corrected chi connectivity index (χ4v) is 2.32. The molecule has 0 aliphatic carbocycles. The van der Waals surface area contributed by atoms with Crippen LogP contribution >= 0.6 is 0 Å². The van der Waals surface area contributed by atoms with E-state index in [0.29, 0.717) is 11.3 Å². The van der Waals surface area contributed by atoms with Crippen LogP contribution in [-0.4, -0.2) is 27.1 Å². The van der Waals surface area contributed by atoms with Crippen molar-refractivity contribution in [1.82, 2.24) is 10.1 Å². The van der Waals surface area contributed by atoms with Crippen LogP contribution in [0.15, 0.2) is 53.2 Å². The van der Waals surface area contributed by atoms with E-state index in [0.717, 1.165) is 12.0 Å². The Balaban J connectivity index is 1.91. The van der Waals surface area contributed by atoms with Crippen molar-refractivity contribution < 1.29 is 19.2 Å². The van der Waals surface area contributed by atoms with E-state index in [1.165, 1.54) is 6.20 Å². The lowest BCUT2D eigenvalue weighted by Gasteiger charge is -2.04. The number of carboxylic acids is 1. The molecule has 7 nitrogen and oxygen atoms in total. The fraction of sp³-hybridized carbons (Fsp3) is 0.111. The molecule has 2 N–H and O–H groups in total. The third-order valence-electron chi connectivity index (χ3n) is 3.66. The molecule has 0 bridgehead atoms. The van der Waals surface area contributed by atoms with E-state index in [4.69, 9.17) is 4.52 Å². The molecular weight excluding hydrogens is 322 g/mol. The van der Waals surface area contributed by atoms with E-state index in [1.54, 1.807) is 30.3 Å². The average molecular weight is 337 g/mol. The Kier molecular flexibility index (Phi) is 4.56. The highest BCUT2D eigenvalue weighted by atomic mass is 16.5. The highest BCUT2D eigenvalue weighted by Gasteiger charge is 2.26. The van der Waals surface area contributed by atoms with Gasteiger partial charge in [-0.25, -0.2) is 4.79 Å². The standard InChI is InChI=1S/C18H15N3O4/c1-2-11-6-8-12(9-7-11)16(22)20-17-14(18(23)24)15(21-25-17)13-5-3-4-10-19-13/h3-10H,2H2,1H3,(H,20,22)(H,23,24). The summed E-state index contributed by atoms with van der Waals surface area (Å²) >= 11 is 0. The van der Waals surface area contributed by atoms with Crippen molar-refractivity contribution >= 4 is 17.8 Å². The van der Waals surface area contributed by atoms with E-state index >= 15 is 0 Å². The molecule has 2 heterocycles. The third-order valence-corrected chi connectivity index (χ3v) is 3.66. The second-order valence-electron chi connectivity index (χ2n) is 5.26. The summed E-state index contributed by atoms with van der Waals surface area (Å²) in [6.45, 7) is 2.02. The number of aryl methyl sites for hydroxylation is 1. The van der Waals surface area contributed by atoms with Crippen molar-refractivity contribution in [3.63, 3.8) is 0 Å². The molecular formula is C18H15N3O4. The third kappa shape index (κ3) is 3.40. The van der Waals surface area contributed by atoms with E-state index in [1.807, 2.05) is 19.1 Å². The molecule has 25 heavy (non-hydrogen) atoms. The zero-order valence-corrected chi connectivity index (χ0v) is 13.4. The van der Waals surface area contributed by atoms with E-state index in [2.05, 4.69) is 15.5 Å². The van der Waals surface area contributed by atoms with Crippen LogP contribution in [0.4, 0.5) is 5.88 Å². The number of aromatic carboxylic acids is 1. The van der Waals surface area contributed by atoms with Gasteiger partial charge in [0.1, 0.15) is 5.69 Å². The maximum Gasteiger partial charge on any atom is 0.343 e. The number of pyridine rings is 1. The molecule has 0 aliphatic rings. The van der Waals surface area contributed by atoms with E-state index < -0.39 is 11.9 Å². The van der Waals surface area contributed by atoms with Crippen LogP contribution in [0.3, 0.4) is 0 Å². The summed E-state index contributed by atoms with van der Waals surface area (Å²) in [6.07, 6.45) is 2.38. The largest absolute Gasteiger partial charge is 0.477 e. The Morgan fingerprint density at radius 2 is 1.92 bits per heavy atom. The molecule has 3 aromatic rings. The molecule has 7 heteroatoms. The highest BCUT2D eigenvalue weighted by Crippen LogP contribution is 2.27. The number of hydrogen-bond donors (Lipinski definition) is 2. The van der Waals surface area contributed by atoms with Crippen LogP contribution in [0.2, 0.25) is 0 Å². The lowest BCUT2D eigenvalue weighted by Crippen LogP contribution is -2.14. The summed E-state index contributed by atoms with van der Waals surface area (Å²) in [5, 5.41) is 15.7. The maximum absolute atomic E-state index is 12.3. The minimum Gasteiger partial charge on any atom is -0.477 e. The number of carbonyl (C=O) groups is 2. The normalized spacial score (nSPS) is 10.4. The van der Waals surface area contributed by atoms with Crippen LogP contribution in [-0.2, 0) is 6.42 Å². The van der Waals surface area contributed by atoms with Gasteiger partial charge >= 0.3 is 5.97 Å². The van der Waals surface area contributed by atoms with Gasteiger partial charge in [0.25, 0.3) is 5.91 Å². The number of carboxylic acid groups (broad SMARTS) is 1. The Bertz CT molecular complexity index is 902. The highest BCUT2D eigenvalue weighted by molar-refractivity contribution is 6.08. The number of nitrogens with zero attached hydrogens (tertiary/aromatic N) is 2. The molecule has 126 valence electrons. The van der Waals surface area contributed by atoms with Gasteiger partial charge in [0.15, 0.2) is 5.56 Å². The summed E-state index contributed by atoms with van der Waals surface area (Å²) in [6, 6.07) is 12.0. The van der Waals surface area contributed by atoms with Gasteiger partial charge in [0.2, 0.25) is 5.88 Å². The van der Waals surface area contributed by atoms with Gasteiger partial charge in [-0.15, -0.1) is 0 Å². The van der Waals surface area contributed by atoms with Crippen LogP contribution in [0, 0.1) is 0 Å². The van der Waals surface area contributed by atoms with Gasteiger partial charge in [-0.05, 0) is 36.2 Å². The van der Waals surface area contributed by atoms with Crippen LogP contribution in [0.1, 0.15) is 33.2 Å². The van der Waals surface area contributed by atoms with Crippen molar-refractivity contribution in [2.75, 3.05) is 5.32 Å². The second-order valence-corrected chi connectivity index (χ2v) is 5.26. The summed E-state index contributed by atoms with van der Waals surface area (Å²) < 4.78 is 5.05. The minimum atomic E-state index is -1.27. The van der Waals surface area contributed by atoms with Crippen molar-refractivity contribution in [2.45, 2.75) is 13.3 Å². The molecule has 0 unspecified atom stereocenters. The first-order valence-electron chi connectivity index (χ1n) is 7.64. The first kappa shape index (κ1) is 16.4. The molecule has 1 amide bonds. The zero-order valence-electron chi connectivity index (χ0n) is 13.4. The number of aromatic nitrogens is 2. The molecule has 0 saturated carbocycles. The zero-order chi connectivity index (χ0) is 17.8. The number of anilines is 1. The number of hydrogen-bond acceptors (Lipinski definition) is 5. The molecule has 0 radical (unpaired) electrons. The molecule has 0 atom stereocenters. The predicted octanol–water partition coefficient (Wildman–Crippen LogP) is 3.25.